The maximum atomic E-state index is 13.8. The molecule has 1 fully saturated rings. The van der Waals surface area contributed by atoms with Crippen molar-refractivity contribution in [3.8, 4) is 17.2 Å². The summed E-state index contributed by atoms with van der Waals surface area (Å²) in [7, 11) is 2.82. The fraction of sp³-hybridized carbons (Fsp3) is 0.259. The molecule has 1 aliphatic rings. The number of hydrogen-bond donors (Lipinski definition) is 0. The molecule has 0 radical (unpaired) electrons. The topological polar surface area (TPSA) is 74.3 Å². The van der Waals surface area contributed by atoms with Gasteiger partial charge in [0.05, 0.1) is 33.2 Å². The maximum absolute atomic E-state index is 13.8. The fourth-order valence-electron chi connectivity index (χ4n) is 4.12. The predicted molar refractivity (Wildman–Crippen MR) is 134 cm³/mol. The van der Waals surface area contributed by atoms with Gasteiger partial charge in [0.1, 0.15) is 23.5 Å². The fourth-order valence-corrected chi connectivity index (χ4v) is 4.53. The number of nitrogens with zero attached hydrogens (tertiary/aromatic N) is 1. The highest BCUT2D eigenvalue weighted by atomic mass is 79.9. The average Bonchev–Trinajstić information content (AvgIpc) is 3.13. The van der Waals surface area contributed by atoms with Crippen LogP contribution < -0.4 is 9.47 Å². The molecular formula is C27H24BrF2NO6. The molecule has 0 saturated carbocycles. The third-order valence-corrected chi connectivity index (χ3v) is 6.49. The van der Waals surface area contributed by atoms with E-state index >= 15 is 0 Å². The van der Waals surface area contributed by atoms with Gasteiger partial charge in [-0.2, -0.15) is 0 Å². The Morgan fingerprint density at radius 2 is 1.70 bits per heavy atom. The molecule has 3 aromatic rings. The standard InChI is InChI=1S/C27H24BrF2NO6/c1-15-26(17-11-20(29)13-21(30)12-17)37-27(33)31(15)14-18-10-19(28)5-7-22(18)36-24-8-16(9-25(32)35-3)4-6-23(24)34-2/h4-8,10-13,15,26H,9,14H2,1-3H3/t15-,26-/m1/s1. The number of rotatable bonds is 8. The summed E-state index contributed by atoms with van der Waals surface area (Å²) in [6.07, 6.45) is -1.40. The van der Waals surface area contributed by atoms with Crippen molar-refractivity contribution in [2.24, 2.45) is 0 Å². The first-order valence-corrected chi connectivity index (χ1v) is 12.1. The Morgan fingerprint density at radius 3 is 2.38 bits per heavy atom. The van der Waals surface area contributed by atoms with Gasteiger partial charge in [-0.25, -0.2) is 13.6 Å². The maximum Gasteiger partial charge on any atom is 0.411 e. The van der Waals surface area contributed by atoms with Crippen molar-refractivity contribution in [1.29, 1.82) is 0 Å². The summed E-state index contributed by atoms with van der Waals surface area (Å²) in [6.45, 7) is 1.85. The van der Waals surface area contributed by atoms with Crippen molar-refractivity contribution >= 4 is 28.0 Å². The lowest BCUT2D eigenvalue weighted by molar-refractivity contribution is -0.139. The van der Waals surface area contributed by atoms with Crippen LogP contribution in [0.5, 0.6) is 17.2 Å². The minimum atomic E-state index is -0.843. The highest BCUT2D eigenvalue weighted by Gasteiger charge is 2.40. The van der Waals surface area contributed by atoms with E-state index in [1.807, 2.05) is 0 Å². The summed E-state index contributed by atoms with van der Waals surface area (Å²) < 4.78 is 50.2. The molecule has 0 aromatic heterocycles. The van der Waals surface area contributed by atoms with Gasteiger partial charge < -0.3 is 18.9 Å². The molecule has 1 heterocycles. The second-order valence-electron chi connectivity index (χ2n) is 8.47. The number of hydrogen-bond acceptors (Lipinski definition) is 6. The first-order chi connectivity index (χ1) is 17.7. The lowest BCUT2D eigenvalue weighted by Crippen LogP contribution is -2.31. The van der Waals surface area contributed by atoms with E-state index in [9.17, 15) is 18.4 Å². The van der Waals surface area contributed by atoms with Crippen LogP contribution in [0.15, 0.2) is 59.1 Å². The van der Waals surface area contributed by atoms with Crippen LogP contribution in [0.3, 0.4) is 0 Å². The Labute approximate surface area is 221 Å². The molecule has 194 valence electrons. The number of carbonyl (C=O) groups is 2. The molecular weight excluding hydrogens is 552 g/mol. The molecule has 2 atom stereocenters. The molecule has 0 unspecified atom stereocenters. The van der Waals surface area contributed by atoms with E-state index in [0.717, 1.165) is 22.7 Å². The van der Waals surface area contributed by atoms with E-state index in [-0.39, 0.29) is 18.5 Å². The minimum Gasteiger partial charge on any atom is -0.493 e. The van der Waals surface area contributed by atoms with Crippen LogP contribution in [0.1, 0.15) is 29.7 Å². The van der Waals surface area contributed by atoms with Crippen LogP contribution in [0, 0.1) is 11.6 Å². The first kappa shape index (κ1) is 26.4. The van der Waals surface area contributed by atoms with Gasteiger partial charge in [-0.15, -0.1) is 0 Å². The van der Waals surface area contributed by atoms with E-state index < -0.39 is 35.8 Å². The second-order valence-corrected chi connectivity index (χ2v) is 9.38. The Bertz CT molecular complexity index is 1310. The third-order valence-electron chi connectivity index (χ3n) is 5.99. The molecule has 0 aliphatic carbocycles. The monoisotopic (exact) mass is 575 g/mol. The van der Waals surface area contributed by atoms with E-state index in [4.69, 9.17) is 18.9 Å². The number of esters is 1. The number of benzene rings is 3. The van der Waals surface area contributed by atoms with E-state index in [1.54, 1.807) is 43.3 Å². The number of carbonyl (C=O) groups excluding carboxylic acids is 2. The zero-order valence-electron chi connectivity index (χ0n) is 20.3. The van der Waals surface area contributed by atoms with Crippen molar-refractivity contribution in [2.45, 2.75) is 32.0 Å². The number of halogens is 3. The highest BCUT2D eigenvalue weighted by molar-refractivity contribution is 9.10. The molecule has 3 aromatic carbocycles. The summed E-state index contributed by atoms with van der Waals surface area (Å²) >= 11 is 3.45. The molecule has 4 rings (SSSR count). The van der Waals surface area contributed by atoms with Crippen LogP contribution >= 0.6 is 15.9 Å². The molecule has 1 amide bonds. The summed E-state index contributed by atoms with van der Waals surface area (Å²) in [4.78, 5) is 26.0. The van der Waals surface area contributed by atoms with Gasteiger partial charge in [-0.3, -0.25) is 9.69 Å². The normalized spacial score (nSPS) is 16.9. The lowest BCUT2D eigenvalue weighted by Gasteiger charge is -2.23. The molecule has 0 N–H and O–H groups in total. The SMILES string of the molecule is COC(=O)Cc1ccc(OC)c(Oc2ccc(Br)cc2CN2C(=O)O[C@@H](c3cc(F)cc(F)c3)[C@H]2C)c1. The molecule has 1 saturated heterocycles. The van der Waals surface area contributed by atoms with Gasteiger partial charge in [-0.1, -0.05) is 22.0 Å². The van der Waals surface area contributed by atoms with Crippen molar-refractivity contribution < 1.29 is 37.3 Å². The quantitative estimate of drug-likeness (QED) is 0.292. The summed E-state index contributed by atoms with van der Waals surface area (Å²) in [5, 5.41) is 0. The lowest BCUT2D eigenvalue weighted by atomic mass is 10.0. The number of cyclic esters (lactones) is 1. The van der Waals surface area contributed by atoms with E-state index in [0.29, 0.717) is 28.4 Å². The Morgan fingerprint density at radius 1 is 1.00 bits per heavy atom. The van der Waals surface area contributed by atoms with Crippen molar-refractivity contribution in [1.82, 2.24) is 4.90 Å². The Balaban J connectivity index is 1.61. The molecule has 0 spiro atoms. The van der Waals surface area contributed by atoms with Crippen LogP contribution in [0.25, 0.3) is 0 Å². The molecule has 7 nitrogen and oxygen atoms in total. The second kappa shape index (κ2) is 11.2. The highest BCUT2D eigenvalue weighted by Crippen LogP contribution is 2.38. The molecule has 37 heavy (non-hydrogen) atoms. The van der Waals surface area contributed by atoms with Gasteiger partial charge >= 0.3 is 12.1 Å². The van der Waals surface area contributed by atoms with Crippen LogP contribution in [-0.2, 0) is 27.2 Å². The smallest absolute Gasteiger partial charge is 0.411 e. The van der Waals surface area contributed by atoms with Gasteiger partial charge in [0.25, 0.3) is 0 Å². The Hall–Kier alpha value is -3.66. The number of ether oxygens (including phenoxy) is 4. The van der Waals surface area contributed by atoms with Crippen LogP contribution in [-0.4, -0.2) is 37.2 Å². The van der Waals surface area contributed by atoms with E-state index in [2.05, 4.69) is 15.9 Å². The summed E-state index contributed by atoms with van der Waals surface area (Å²) in [6, 6.07) is 13.0. The average molecular weight is 576 g/mol. The third kappa shape index (κ3) is 6.02. The number of methoxy groups -OCH3 is 2. The predicted octanol–water partition coefficient (Wildman–Crippen LogP) is 6.33. The zero-order chi connectivity index (χ0) is 26.7. The summed E-state index contributed by atoms with van der Waals surface area (Å²) in [5.74, 6) is -0.626. The molecule has 10 heteroatoms. The minimum absolute atomic E-state index is 0.0588. The van der Waals surface area contributed by atoms with E-state index in [1.165, 1.54) is 19.1 Å². The number of amides is 1. The first-order valence-electron chi connectivity index (χ1n) is 11.3. The van der Waals surface area contributed by atoms with Crippen LogP contribution in [0.2, 0.25) is 0 Å². The van der Waals surface area contributed by atoms with Gasteiger partial charge in [-0.05, 0) is 55.0 Å². The van der Waals surface area contributed by atoms with Gasteiger partial charge in [0.2, 0.25) is 0 Å². The zero-order valence-corrected chi connectivity index (χ0v) is 21.9. The summed E-state index contributed by atoms with van der Waals surface area (Å²) in [5.41, 5.74) is 1.55. The van der Waals surface area contributed by atoms with Gasteiger partial charge in [0, 0.05) is 21.7 Å². The van der Waals surface area contributed by atoms with Gasteiger partial charge in [0.15, 0.2) is 11.5 Å². The van der Waals surface area contributed by atoms with Crippen molar-refractivity contribution in [2.75, 3.05) is 14.2 Å². The van der Waals surface area contributed by atoms with Crippen LogP contribution in [0.4, 0.5) is 13.6 Å². The van der Waals surface area contributed by atoms with Crippen molar-refractivity contribution in [3.05, 3.63) is 87.4 Å². The van der Waals surface area contributed by atoms with Crippen molar-refractivity contribution in [3.63, 3.8) is 0 Å². The molecule has 1 aliphatic heterocycles. The Kier molecular flexibility index (Phi) is 7.97. The molecule has 0 bridgehead atoms. The largest absolute Gasteiger partial charge is 0.493 e.